The van der Waals surface area contributed by atoms with Crippen molar-refractivity contribution >= 4 is 11.4 Å². The summed E-state index contributed by atoms with van der Waals surface area (Å²) in [5.41, 5.74) is 12.4. The molecule has 0 fully saturated rings. The first-order valence-electron chi connectivity index (χ1n) is 6.08. The lowest BCUT2D eigenvalue weighted by Crippen LogP contribution is -2.03. The number of aromatic nitrogens is 2. The van der Waals surface area contributed by atoms with E-state index in [2.05, 4.69) is 17.3 Å². The number of aryl methyl sites for hydroxylation is 3. The molecule has 18 heavy (non-hydrogen) atoms. The van der Waals surface area contributed by atoms with E-state index < -0.39 is 0 Å². The van der Waals surface area contributed by atoms with Crippen LogP contribution in [0.2, 0.25) is 0 Å². The van der Waals surface area contributed by atoms with Crippen LogP contribution in [0.5, 0.6) is 0 Å². The van der Waals surface area contributed by atoms with Crippen molar-refractivity contribution in [2.45, 2.75) is 27.3 Å². The highest BCUT2D eigenvalue weighted by atomic mass is 15.3. The van der Waals surface area contributed by atoms with Gasteiger partial charge in [-0.1, -0.05) is 6.07 Å². The van der Waals surface area contributed by atoms with E-state index in [0.717, 1.165) is 29.2 Å². The van der Waals surface area contributed by atoms with Gasteiger partial charge in [0.2, 0.25) is 0 Å². The van der Waals surface area contributed by atoms with Gasteiger partial charge in [0.25, 0.3) is 0 Å². The average molecular weight is 244 g/mol. The third-order valence-corrected chi connectivity index (χ3v) is 3.41. The molecule has 2 rings (SSSR count). The maximum atomic E-state index is 5.90. The lowest BCUT2D eigenvalue weighted by atomic mass is 10.1. The summed E-state index contributed by atoms with van der Waals surface area (Å²) in [6, 6.07) is 6.05. The van der Waals surface area contributed by atoms with Crippen molar-refractivity contribution in [3.8, 4) is 0 Å². The smallest absolute Gasteiger partial charge is 0.0646 e. The van der Waals surface area contributed by atoms with E-state index in [0.29, 0.717) is 0 Å². The Bertz CT molecular complexity index is 569. The van der Waals surface area contributed by atoms with E-state index in [-0.39, 0.29) is 0 Å². The van der Waals surface area contributed by atoms with Crippen LogP contribution in [0.15, 0.2) is 18.2 Å². The summed E-state index contributed by atoms with van der Waals surface area (Å²) in [5, 5.41) is 7.80. The molecule has 0 saturated heterocycles. The van der Waals surface area contributed by atoms with Crippen LogP contribution in [0.1, 0.15) is 22.5 Å². The van der Waals surface area contributed by atoms with Crippen molar-refractivity contribution in [1.82, 2.24) is 9.78 Å². The lowest BCUT2D eigenvalue weighted by molar-refractivity contribution is 0.730. The molecule has 0 unspecified atom stereocenters. The van der Waals surface area contributed by atoms with Crippen molar-refractivity contribution in [1.29, 1.82) is 0 Å². The quantitative estimate of drug-likeness (QED) is 0.816. The lowest BCUT2D eigenvalue weighted by Gasteiger charge is -2.09. The summed E-state index contributed by atoms with van der Waals surface area (Å²) < 4.78 is 1.91. The second kappa shape index (κ2) is 4.72. The molecule has 0 bridgehead atoms. The van der Waals surface area contributed by atoms with Gasteiger partial charge in [-0.15, -0.1) is 0 Å². The maximum Gasteiger partial charge on any atom is 0.0646 e. The first-order chi connectivity index (χ1) is 8.49. The van der Waals surface area contributed by atoms with Gasteiger partial charge in [-0.05, 0) is 38.5 Å². The van der Waals surface area contributed by atoms with Crippen LogP contribution in [0.3, 0.4) is 0 Å². The van der Waals surface area contributed by atoms with Crippen LogP contribution in [0.25, 0.3) is 0 Å². The van der Waals surface area contributed by atoms with E-state index in [1.807, 2.05) is 43.8 Å². The number of hydrogen-bond donors (Lipinski definition) is 2. The van der Waals surface area contributed by atoms with Gasteiger partial charge in [0.05, 0.1) is 5.69 Å². The Morgan fingerprint density at radius 1 is 1.28 bits per heavy atom. The molecule has 0 aliphatic carbocycles. The van der Waals surface area contributed by atoms with Crippen molar-refractivity contribution in [2.75, 3.05) is 11.1 Å². The number of anilines is 2. The van der Waals surface area contributed by atoms with Crippen LogP contribution < -0.4 is 11.1 Å². The highest BCUT2D eigenvalue weighted by molar-refractivity contribution is 5.58. The molecule has 0 spiro atoms. The van der Waals surface area contributed by atoms with E-state index in [1.54, 1.807) is 0 Å². The summed E-state index contributed by atoms with van der Waals surface area (Å²) in [6.07, 6.45) is 0. The van der Waals surface area contributed by atoms with E-state index in [9.17, 15) is 0 Å². The van der Waals surface area contributed by atoms with E-state index >= 15 is 0 Å². The average Bonchev–Trinajstić information content (AvgIpc) is 2.56. The number of nitrogens with two attached hydrogens (primary N) is 1. The third kappa shape index (κ3) is 2.32. The molecule has 0 amide bonds. The number of nitrogen functional groups attached to an aromatic ring is 1. The zero-order valence-electron chi connectivity index (χ0n) is 11.4. The maximum absolute atomic E-state index is 5.90. The van der Waals surface area contributed by atoms with Crippen LogP contribution in [0.4, 0.5) is 11.4 Å². The monoisotopic (exact) mass is 244 g/mol. The Kier molecular flexibility index (Phi) is 3.28. The molecule has 1 aromatic heterocycles. The number of rotatable bonds is 3. The molecule has 0 saturated carbocycles. The number of nitrogens with one attached hydrogen (secondary N) is 1. The fraction of sp³-hybridized carbons (Fsp3) is 0.357. The van der Waals surface area contributed by atoms with Crippen LogP contribution in [0, 0.1) is 20.8 Å². The molecule has 0 aliphatic heterocycles. The Hall–Kier alpha value is -1.97. The summed E-state index contributed by atoms with van der Waals surface area (Å²) in [6.45, 7) is 6.90. The van der Waals surface area contributed by atoms with Gasteiger partial charge in [-0.2, -0.15) is 5.10 Å². The van der Waals surface area contributed by atoms with Crippen LogP contribution in [-0.2, 0) is 13.6 Å². The van der Waals surface area contributed by atoms with Crippen LogP contribution >= 0.6 is 0 Å². The fourth-order valence-electron chi connectivity index (χ4n) is 2.01. The second-order valence-electron chi connectivity index (χ2n) is 4.70. The molecular formula is C14H20N4. The predicted molar refractivity (Wildman–Crippen MR) is 75.6 cm³/mol. The number of nitrogens with zero attached hydrogens (tertiary/aromatic N) is 2. The first-order valence-corrected chi connectivity index (χ1v) is 6.08. The summed E-state index contributed by atoms with van der Waals surface area (Å²) in [7, 11) is 1.97. The largest absolute Gasteiger partial charge is 0.398 e. The standard InChI is InChI=1S/C14H20N4/c1-9-5-6-12(7-14(9)15)16-8-13-10(2)17-18(4)11(13)3/h5-7,16H,8,15H2,1-4H3. The zero-order chi connectivity index (χ0) is 13.3. The minimum absolute atomic E-state index is 0.772. The van der Waals surface area contributed by atoms with Gasteiger partial charge < -0.3 is 11.1 Å². The number of hydrogen-bond acceptors (Lipinski definition) is 3. The van der Waals surface area contributed by atoms with Gasteiger partial charge in [0, 0.05) is 36.2 Å². The highest BCUT2D eigenvalue weighted by Gasteiger charge is 2.08. The summed E-state index contributed by atoms with van der Waals surface area (Å²) in [5.74, 6) is 0. The van der Waals surface area contributed by atoms with E-state index in [1.165, 1.54) is 11.3 Å². The van der Waals surface area contributed by atoms with E-state index in [4.69, 9.17) is 5.73 Å². The molecule has 0 atom stereocenters. The molecular weight excluding hydrogens is 224 g/mol. The Morgan fingerprint density at radius 3 is 2.56 bits per heavy atom. The molecule has 1 heterocycles. The summed E-state index contributed by atoms with van der Waals surface area (Å²) in [4.78, 5) is 0. The Balaban J connectivity index is 2.14. The van der Waals surface area contributed by atoms with Crippen molar-refractivity contribution in [2.24, 2.45) is 7.05 Å². The van der Waals surface area contributed by atoms with Crippen LogP contribution in [-0.4, -0.2) is 9.78 Å². The molecule has 4 heteroatoms. The Labute approximate surface area is 108 Å². The zero-order valence-corrected chi connectivity index (χ0v) is 11.4. The predicted octanol–water partition coefficient (Wildman–Crippen LogP) is 2.54. The molecule has 0 aliphatic rings. The van der Waals surface area contributed by atoms with Crippen molar-refractivity contribution in [3.63, 3.8) is 0 Å². The normalized spacial score (nSPS) is 10.7. The first kappa shape index (κ1) is 12.5. The molecule has 4 nitrogen and oxygen atoms in total. The molecule has 3 N–H and O–H groups in total. The minimum Gasteiger partial charge on any atom is -0.398 e. The molecule has 1 aromatic carbocycles. The number of benzene rings is 1. The van der Waals surface area contributed by atoms with Gasteiger partial charge in [0.15, 0.2) is 0 Å². The van der Waals surface area contributed by atoms with Crippen molar-refractivity contribution < 1.29 is 0 Å². The SMILES string of the molecule is Cc1ccc(NCc2c(C)nn(C)c2C)cc1N. The Morgan fingerprint density at radius 2 is 2.00 bits per heavy atom. The minimum atomic E-state index is 0.772. The highest BCUT2D eigenvalue weighted by Crippen LogP contribution is 2.19. The third-order valence-electron chi connectivity index (χ3n) is 3.41. The van der Waals surface area contributed by atoms with Gasteiger partial charge in [-0.3, -0.25) is 4.68 Å². The van der Waals surface area contributed by atoms with Gasteiger partial charge >= 0.3 is 0 Å². The van der Waals surface area contributed by atoms with Gasteiger partial charge in [0.1, 0.15) is 0 Å². The summed E-state index contributed by atoms with van der Waals surface area (Å²) >= 11 is 0. The van der Waals surface area contributed by atoms with Crippen molar-refractivity contribution in [3.05, 3.63) is 40.7 Å². The fourth-order valence-corrected chi connectivity index (χ4v) is 2.01. The van der Waals surface area contributed by atoms with Gasteiger partial charge in [-0.25, -0.2) is 0 Å². The molecule has 96 valence electrons. The molecule has 0 radical (unpaired) electrons. The second-order valence-corrected chi connectivity index (χ2v) is 4.70. The molecule has 2 aromatic rings. The topological polar surface area (TPSA) is 55.9 Å².